The van der Waals surface area contributed by atoms with Crippen LogP contribution in [0.1, 0.15) is 12.0 Å². The fourth-order valence-corrected chi connectivity index (χ4v) is 5.89. The Hall–Kier alpha value is -2.71. The molecule has 1 N–H and O–H groups in total. The zero-order valence-corrected chi connectivity index (χ0v) is 25.7. The zero-order chi connectivity index (χ0) is 27.4. The molecule has 5 rings (SSSR count). The second-order valence-corrected chi connectivity index (χ2v) is 12.1. The average molecular weight is 768 g/mol. The lowest BCUT2D eigenvalue weighted by atomic mass is 9.96. The summed E-state index contributed by atoms with van der Waals surface area (Å²) >= 11 is 11.0. The second kappa shape index (κ2) is 12.6. The van der Waals surface area contributed by atoms with Crippen LogP contribution in [0.15, 0.2) is 79.1 Å². The van der Waals surface area contributed by atoms with Crippen molar-refractivity contribution in [1.29, 1.82) is 0 Å². The van der Waals surface area contributed by atoms with Crippen LogP contribution in [0.2, 0.25) is 5.02 Å². The van der Waals surface area contributed by atoms with Crippen LogP contribution in [0.5, 0.6) is 11.5 Å². The molecule has 2 amide bonds. The Morgan fingerprint density at radius 1 is 0.949 bits per heavy atom. The minimum absolute atomic E-state index is 0.0294. The number of benzene rings is 3. The predicted octanol–water partition coefficient (Wildman–Crippen LogP) is 6.03. The summed E-state index contributed by atoms with van der Waals surface area (Å²) in [6, 6.07) is 20.3. The number of likely N-dealkylation sites (tertiary alicyclic amines) is 1. The van der Waals surface area contributed by atoms with Crippen LogP contribution in [0.3, 0.4) is 0 Å². The van der Waals surface area contributed by atoms with E-state index >= 15 is 0 Å². The first-order chi connectivity index (χ1) is 18.8. The highest BCUT2D eigenvalue weighted by Gasteiger charge is 2.39. The number of nitrogens with one attached hydrogen (secondary N) is 1. The largest absolute Gasteiger partial charge is 0.457 e. The van der Waals surface area contributed by atoms with E-state index in [9.17, 15) is 9.59 Å². The Balaban J connectivity index is 1.28. The number of amides is 2. The summed E-state index contributed by atoms with van der Waals surface area (Å²) in [6.45, 7) is 0.418. The number of hydrogen-bond acceptors (Lipinski definition) is 5. The monoisotopic (exact) mass is 767 g/mol. The van der Waals surface area contributed by atoms with Gasteiger partial charge in [-0.05, 0) is 130 Å². The number of anilines is 1. The third kappa shape index (κ3) is 7.28. The molecule has 1 fully saturated rings. The molecule has 11 heteroatoms. The standard InChI is InChI=1S/C28H24ClI2N5O3/c29-25-15-21(31)2-1-19(25)13-18-14-26(35(16-18)27(37)17-36-32-11-12-33-36)28(38)34-22-5-9-24(10-6-22)39-23-7-3-20(30)4-8-23/h1-12,15,18,26H,13-14,16-17H2,(H,34,38)/t18-,26+/m1/s1. The first-order valence-electron chi connectivity index (χ1n) is 12.3. The average Bonchev–Trinajstić information content (AvgIpc) is 3.58. The molecule has 0 radical (unpaired) electrons. The first kappa shape index (κ1) is 27.8. The lowest BCUT2D eigenvalue weighted by molar-refractivity contribution is -0.137. The van der Waals surface area contributed by atoms with Gasteiger partial charge >= 0.3 is 0 Å². The van der Waals surface area contributed by atoms with Crippen molar-refractivity contribution in [2.45, 2.75) is 25.4 Å². The van der Waals surface area contributed by atoms with E-state index in [1.807, 2.05) is 42.5 Å². The van der Waals surface area contributed by atoms with Crippen LogP contribution < -0.4 is 10.1 Å². The Bertz CT molecular complexity index is 1450. The molecule has 0 spiro atoms. The van der Waals surface area contributed by atoms with Crippen LogP contribution in [-0.4, -0.2) is 44.3 Å². The molecule has 0 saturated carbocycles. The maximum atomic E-state index is 13.4. The van der Waals surface area contributed by atoms with Crippen LogP contribution in [0.4, 0.5) is 5.69 Å². The number of aromatic nitrogens is 3. The predicted molar refractivity (Wildman–Crippen MR) is 166 cm³/mol. The van der Waals surface area contributed by atoms with Gasteiger partial charge in [-0.25, -0.2) is 0 Å². The molecular weight excluding hydrogens is 744 g/mol. The van der Waals surface area contributed by atoms with Gasteiger partial charge in [-0.15, -0.1) is 0 Å². The fourth-order valence-electron chi connectivity index (χ4n) is 4.60. The second-order valence-electron chi connectivity index (χ2n) is 9.23. The van der Waals surface area contributed by atoms with Crippen molar-refractivity contribution >= 4 is 74.3 Å². The summed E-state index contributed by atoms with van der Waals surface area (Å²) in [5.74, 6) is 1.03. The summed E-state index contributed by atoms with van der Waals surface area (Å²) in [5.41, 5.74) is 1.63. The van der Waals surface area contributed by atoms with Gasteiger partial charge in [0.25, 0.3) is 0 Å². The van der Waals surface area contributed by atoms with Gasteiger partial charge in [0.15, 0.2) is 0 Å². The van der Waals surface area contributed by atoms with Crippen molar-refractivity contribution in [3.63, 3.8) is 0 Å². The van der Waals surface area contributed by atoms with Gasteiger partial charge in [0.05, 0.1) is 12.4 Å². The Kier molecular flexibility index (Phi) is 9.03. The van der Waals surface area contributed by atoms with Gasteiger partial charge in [0.1, 0.15) is 24.1 Å². The lowest BCUT2D eigenvalue weighted by Gasteiger charge is -2.24. The molecule has 2 atom stereocenters. The minimum atomic E-state index is -0.622. The highest BCUT2D eigenvalue weighted by molar-refractivity contribution is 14.1. The van der Waals surface area contributed by atoms with Gasteiger partial charge in [0, 0.05) is 24.4 Å². The SMILES string of the molecule is O=C(Nc1ccc(Oc2ccc(I)cc2)cc1)[C@@H]1C[C@@H](Cc2ccc(I)cc2Cl)CN1C(=O)Cn1nccn1. The van der Waals surface area contributed by atoms with E-state index in [0.29, 0.717) is 35.8 Å². The van der Waals surface area contributed by atoms with Crippen LogP contribution in [0.25, 0.3) is 0 Å². The molecule has 0 bridgehead atoms. The molecule has 1 aromatic heterocycles. The highest BCUT2D eigenvalue weighted by atomic mass is 127. The van der Waals surface area contributed by atoms with Crippen LogP contribution >= 0.6 is 56.8 Å². The van der Waals surface area contributed by atoms with Crippen molar-refractivity contribution in [1.82, 2.24) is 19.9 Å². The van der Waals surface area contributed by atoms with E-state index in [2.05, 4.69) is 60.7 Å². The number of nitrogens with zero attached hydrogens (tertiary/aromatic N) is 4. The molecule has 39 heavy (non-hydrogen) atoms. The summed E-state index contributed by atoms with van der Waals surface area (Å²) in [4.78, 5) is 29.6. The fraction of sp³-hybridized carbons (Fsp3) is 0.214. The summed E-state index contributed by atoms with van der Waals surface area (Å²) in [6.07, 6.45) is 4.25. The summed E-state index contributed by atoms with van der Waals surface area (Å²) in [7, 11) is 0. The van der Waals surface area contributed by atoms with E-state index in [1.54, 1.807) is 29.2 Å². The smallest absolute Gasteiger partial charge is 0.247 e. The molecule has 2 heterocycles. The molecule has 3 aromatic carbocycles. The molecule has 8 nitrogen and oxygen atoms in total. The van der Waals surface area contributed by atoms with Gasteiger partial charge in [-0.3, -0.25) is 9.59 Å². The number of carbonyl (C=O) groups is 2. The highest BCUT2D eigenvalue weighted by Crippen LogP contribution is 2.31. The Morgan fingerprint density at radius 2 is 1.59 bits per heavy atom. The molecule has 1 aliphatic heterocycles. The number of carbonyl (C=O) groups excluding carboxylic acids is 2. The third-order valence-electron chi connectivity index (χ3n) is 6.45. The number of rotatable bonds is 8. The lowest BCUT2D eigenvalue weighted by Crippen LogP contribution is -2.44. The van der Waals surface area contributed by atoms with E-state index in [-0.39, 0.29) is 24.3 Å². The maximum Gasteiger partial charge on any atom is 0.247 e. The van der Waals surface area contributed by atoms with Gasteiger partial charge in [-0.2, -0.15) is 15.0 Å². The van der Waals surface area contributed by atoms with E-state index in [1.165, 1.54) is 17.2 Å². The Morgan fingerprint density at radius 3 is 2.26 bits per heavy atom. The van der Waals surface area contributed by atoms with Crippen molar-refractivity contribution < 1.29 is 14.3 Å². The van der Waals surface area contributed by atoms with E-state index in [0.717, 1.165) is 18.5 Å². The molecular formula is C28H24ClI2N5O3. The molecule has 200 valence electrons. The van der Waals surface area contributed by atoms with Crippen LogP contribution in [-0.2, 0) is 22.6 Å². The van der Waals surface area contributed by atoms with E-state index < -0.39 is 6.04 Å². The minimum Gasteiger partial charge on any atom is -0.457 e. The number of halogens is 3. The number of ether oxygens (including phenoxy) is 1. The normalized spacial score (nSPS) is 16.7. The third-order valence-corrected chi connectivity index (χ3v) is 8.19. The van der Waals surface area contributed by atoms with Gasteiger partial charge in [-0.1, -0.05) is 17.7 Å². The van der Waals surface area contributed by atoms with E-state index in [4.69, 9.17) is 16.3 Å². The van der Waals surface area contributed by atoms with Gasteiger partial charge in [0.2, 0.25) is 11.8 Å². The number of hydrogen-bond donors (Lipinski definition) is 1. The molecule has 0 unspecified atom stereocenters. The van der Waals surface area contributed by atoms with Crippen molar-refractivity contribution in [2.24, 2.45) is 5.92 Å². The van der Waals surface area contributed by atoms with Crippen molar-refractivity contribution in [3.8, 4) is 11.5 Å². The first-order valence-corrected chi connectivity index (χ1v) is 14.8. The quantitative estimate of drug-likeness (QED) is 0.222. The molecule has 1 aliphatic rings. The van der Waals surface area contributed by atoms with Gasteiger partial charge < -0.3 is 15.0 Å². The maximum absolute atomic E-state index is 13.4. The summed E-state index contributed by atoms with van der Waals surface area (Å²) in [5, 5.41) is 11.8. The van der Waals surface area contributed by atoms with Crippen LogP contribution in [0, 0.1) is 13.1 Å². The zero-order valence-electron chi connectivity index (χ0n) is 20.6. The molecule has 0 aliphatic carbocycles. The topological polar surface area (TPSA) is 89.4 Å². The van der Waals surface area contributed by atoms with Crippen molar-refractivity contribution in [3.05, 3.63) is 96.9 Å². The summed E-state index contributed by atoms with van der Waals surface area (Å²) < 4.78 is 8.07. The molecule has 4 aromatic rings. The van der Waals surface area contributed by atoms with Crippen molar-refractivity contribution in [2.75, 3.05) is 11.9 Å². The Labute approximate surface area is 258 Å². The molecule has 1 saturated heterocycles.